The number of anilines is 1. The Labute approximate surface area is 116 Å². The van der Waals surface area contributed by atoms with Gasteiger partial charge in [0.05, 0.1) is 18.6 Å². The molecule has 104 valence electrons. The van der Waals surface area contributed by atoms with Gasteiger partial charge < -0.3 is 10.8 Å². The van der Waals surface area contributed by atoms with Crippen LogP contribution in [-0.2, 0) is 6.42 Å². The van der Waals surface area contributed by atoms with E-state index >= 15 is 0 Å². The number of aromatic nitrogens is 6. The minimum absolute atomic E-state index is 0.0154. The van der Waals surface area contributed by atoms with Crippen molar-refractivity contribution < 1.29 is 5.11 Å². The summed E-state index contributed by atoms with van der Waals surface area (Å²) in [5, 5.41) is 23.9. The van der Waals surface area contributed by atoms with E-state index in [1.807, 2.05) is 6.20 Å². The van der Waals surface area contributed by atoms with Crippen molar-refractivity contribution >= 4 is 26.2 Å². The maximum Gasteiger partial charge on any atom is 0.203 e. The van der Waals surface area contributed by atoms with Crippen molar-refractivity contribution in [3.63, 3.8) is 0 Å². The maximum atomic E-state index is 9.11. The number of aliphatic hydroxyl groups excluding tert-OH is 1. The maximum absolute atomic E-state index is 9.11. The molecule has 0 aliphatic heterocycles. The van der Waals surface area contributed by atoms with E-state index < -0.39 is 0 Å². The molecule has 3 rings (SSSR count). The third-order valence-corrected chi connectivity index (χ3v) is 3.48. The second-order valence-electron chi connectivity index (χ2n) is 4.46. The summed E-state index contributed by atoms with van der Waals surface area (Å²) >= 11 is 0. The van der Waals surface area contributed by atoms with Gasteiger partial charge in [-0.1, -0.05) is 0 Å². The molecule has 0 aromatic carbocycles. The van der Waals surface area contributed by atoms with Gasteiger partial charge in [0, 0.05) is 12.6 Å². The molecule has 9 heteroatoms. The zero-order valence-corrected chi connectivity index (χ0v) is 11.7. The van der Waals surface area contributed by atoms with Crippen LogP contribution in [0.15, 0.2) is 18.5 Å². The van der Waals surface area contributed by atoms with Crippen molar-refractivity contribution in [2.24, 2.45) is 0 Å². The van der Waals surface area contributed by atoms with Crippen molar-refractivity contribution in [1.82, 2.24) is 30.2 Å². The first-order valence-corrected chi connectivity index (χ1v) is 6.69. The highest BCUT2D eigenvalue weighted by Gasteiger charge is 2.11. The van der Waals surface area contributed by atoms with Crippen molar-refractivity contribution in [1.29, 1.82) is 0 Å². The van der Waals surface area contributed by atoms with Crippen LogP contribution in [-0.4, -0.2) is 41.9 Å². The van der Waals surface area contributed by atoms with Gasteiger partial charge in [0.2, 0.25) is 5.65 Å². The molecule has 4 N–H and O–H groups in total. The Balaban J connectivity index is 1.93. The summed E-state index contributed by atoms with van der Waals surface area (Å²) in [6, 6.07) is 1.78. The molecule has 0 radical (unpaired) electrons. The van der Waals surface area contributed by atoms with Crippen molar-refractivity contribution in [2.75, 3.05) is 12.3 Å². The molecule has 0 spiro atoms. The Morgan fingerprint density at radius 2 is 2.30 bits per heavy atom. The van der Waals surface area contributed by atoms with E-state index in [-0.39, 0.29) is 12.4 Å². The van der Waals surface area contributed by atoms with Crippen LogP contribution in [0.5, 0.6) is 0 Å². The molecule has 0 bridgehead atoms. The van der Waals surface area contributed by atoms with Crippen LogP contribution in [0.25, 0.3) is 11.2 Å². The number of rotatable bonds is 4. The number of nitrogen functional groups attached to an aromatic ring is 1. The number of nitrogens with two attached hydrogens (primary N) is 1. The molecular formula is C11H14N7OP. The van der Waals surface area contributed by atoms with Gasteiger partial charge in [-0.2, -0.15) is 15.4 Å². The van der Waals surface area contributed by atoms with E-state index in [4.69, 9.17) is 10.8 Å². The first-order chi connectivity index (χ1) is 9.67. The Morgan fingerprint density at radius 1 is 1.45 bits per heavy atom. The lowest BCUT2D eigenvalue weighted by molar-refractivity contribution is 0.264. The fourth-order valence-electron chi connectivity index (χ4n) is 2.01. The monoisotopic (exact) mass is 291 g/mol. The fourth-order valence-corrected chi connectivity index (χ4v) is 2.17. The third-order valence-electron chi connectivity index (χ3n) is 2.97. The molecule has 0 aliphatic carbocycles. The quantitative estimate of drug-likeness (QED) is 0.586. The minimum Gasteiger partial charge on any atom is -0.394 e. The number of H-pyrrole nitrogens is 1. The molecule has 2 unspecified atom stereocenters. The number of hydrogen-bond acceptors (Lipinski definition) is 6. The summed E-state index contributed by atoms with van der Waals surface area (Å²) in [4.78, 5) is 4.10. The molecular weight excluding hydrogens is 277 g/mol. The van der Waals surface area contributed by atoms with Gasteiger partial charge in [0.1, 0.15) is 11.3 Å². The predicted octanol–water partition coefficient (Wildman–Crippen LogP) is 0.0884. The molecule has 0 saturated carbocycles. The molecule has 0 aliphatic rings. The predicted molar refractivity (Wildman–Crippen MR) is 77.0 cm³/mol. The summed E-state index contributed by atoms with van der Waals surface area (Å²) < 4.78 is 1.70. The van der Waals surface area contributed by atoms with Crippen LogP contribution in [0.1, 0.15) is 16.9 Å². The molecule has 0 amide bonds. The highest BCUT2D eigenvalue weighted by atomic mass is 31.0. The van der Waals surface area contributed by atoms with E-state index in [2.05, 4.69) is 34.7 Å². The lowest BCUT2D eigenvalue weighted by Crippen LogP contribution is -2.06. The van der Waals surface area contributed by atoms with Gasteiger partial charge >= 0.3 is 0 Å². The summed E-state index contributed by atoms with van der Waals surface area (Å²) in [6.07, 6.45) is 4.27. The van der Waals surface area contributed by atoms with Crippen LogP contribution < -0.4 is 5.73 Å². The molecule has 20 heavy (non-hydrogen) atoms. The van der Waals surface area contributed by atoms with Crippen molar-refractivity contribution in [2.45, 2.75) is 12.2 Å². The smallest absolute Gasteiger partial charge is 0.203 e. The van der Waals surface area contributed by atoms with Gasteiger partial charge in [-0.15, -0.1) is 14.3 Å². The number of fused-ring (bicyclic) bond motifs is 1. The standard InChI is InChI=1S/C11H14N7OP/c12-8-2-7(10-11(14-8)16-17-15-10)1-6-3-13-18(4-6)9(20)5-19/h2-4,9,19H,1,5,20H2,(H3,12,14,15,16,17). The zero-order chi connectivity index (χ0) is 14.1. The summed E-state index contributed by atoms with van der Waals surface area (Å²) in [5.41, 5.74) is 8.91. The lowest BCUT2D eigenvalue weighted by atomic mass is 10.1. The second kappa shape index (κ2) is 5.15. The first-order valence-electron chi connectivity index (χ1n) is 6.02. The van der Waals surface area contributed by atoms with Gasteiger partial charge in [0.15, 0.2) is 0 Å². The largest absolute Gasteiger partial charge is 0.394 e. The van der Waals surface area contributed by atoms with Gasteiger partial charge in [-0.25, -0.2) is 4.98 Å². The number of nitrogens with zero attached hydrogens (tertiary/aromatic N) is 5. The normalized spacial score (nSPS) is 12.9. The van der Waals surface area contributed by atoms with Crippen molar-refractivity contribution in [3.05, 3.63) is 29.6 Å². The first kappa shape index (κ1) is 13.0. The third kappa shape index (κ3) is 2.35. The highest BCUT2D eigenvalue weighted by molar-refractivity contribution is 7.16. The second-order valence-corrected chi connectivity index (χ2v) is 5.23. The molecule has 3 aromatic heterocycles. The van der Waals surface area contributed by atoms with Crippen LogP contribution >= 0.6 is 9.24 Å². The van der Waals surface area contributed by atoms with E-state index in [0.29, 0.717) is 23.4 Å². The molecule has 3 aromatic rings. The molecule has 8 nitrogen and oxygen atoms in total. The number of nitrogens with one attached hydrogen (secondary N) is 1. The number of hydrogen-bond donors (Lipinski definition) is 3. The van der Waals surface area contributed by atoms with E-state index in [1.54, 1.807) is 16.9 Å². The van der Waals surface area contributed by atoms with E-state index in [1.165, 1.54) is 0 Å². The van der Waals surface area contributed by atoms with Crippen molar-refractivity contribution in [3.8, 4) is 0 Å². The average Bonchev–Trinajstić information content (AvgIpc) is 3.06. The zero-order valence-electron chi connectivity index (χ0n) is 10.6. The molecule has 2 atom stereocenters. The van der Waals surface area contributed by atoms with Crippen LogP contribution in [0.2, 0.25) is 0 Å². The number of aromatic amines is 1. The van der Waals surface area contributed by atoms with E-state index in [9.17, 15) is 0 Å². The molecule has 0 fully saturated rings. The Morgan fingerprint density at radius 3 is 3.10 bits per heavy atom. The fraction of sp³-hybridized carbons (Fsp3) is 0.273. The van der Waals surface area contributed by atoms with E-state index in [0.717, 1.165) is 11.1 Å². The number of pyridine rings is 1. The summed E-state index contributed by atoms with van der Waals surface area (Å²) in [5.74, 6) is 0.284. The van der Waals surface area contributed by atoms with Gasteiger partial charge in [-0.05, 0) is 17.2 Å². The SMILES string of the molecule is Nc1cc(Cc2cnn(C(P)CO)c2)c2n[nH]nc2n1. The van der Waals surface area contributed by atoms with Crippen LogP contribution in [0, 0.1) is 0 Å². The average molecular weight is 291 g/mol. The molecule has 3 heterocycles. The van der Waals surface area contributed by atoms with Crippen LogP contribution in [0.4, 0.5) is 5.82 Å². The lowest BCUT2D eigenvalue weighted by Gasteiger charge is -2.06. The highest BCUT2D eigenvalue weighted by Crippen LogP contribution is 2.20. The summed E-state index contributed by atoms with van der Waals surface area (Å²) in [7, 11) is 2.53. The van der Waals surface area contributed by atoms with Gasteiger partial charge in [-0.3, -0.25) is 4.68 Å². The Kier molecular flexibility index (Phi) is 3.33. The topological polar surface area (TPSA) is 119 Å². The van der Waals surface area contributed by atoms with Crippen LogP contribution in [0.3, 0.4) is 0 Å². The van der Waals surface area contributed by atoms with Gasteiger partial charge in [0.25, 0.3) is 0 Å². The number of aliphatic hydroxyl groups is 1. The summed E-state index contributed by atoms with van der Waals surface area (Å²) in [6.45, 7) is 0.0154. The Hall–Kier alpha value is -2.05. The molecule has 0 saturated heterocycles. The Bertz CT molecular complexity index is 737. The minimum atomic E-state index is -0.127.